The summed E-state index contributed by atoms with van der Waals surface area (Å²) in [6.07, 6.45) is 1.75. The highest BCUT2D eigenvalue weighted by Gasteiger charge is 2.42. The molecular formula is C28H26FN5OS. The number of para-hydroxylation sites is 1. The lowest BCUT2D eigenvalue weighted by molar-refractivity contribution is -0.116. The maximum Gasteiger partial charge on any atom is 0.244 e. The molecule has 0 aliphatic carbocycles. The highest BCUT2D eigenvalue weighted by Crippen LogP contribution is 2.41. The molecule has 0 radical (unpaired) electrons. The fourth-order valence-corrected chi connectivity index (χ4v) is 5.20. The first-order valence-corrected chi connectivity index (χ1v) is 12.1. The highest BCUT2D eigenvalue weighted by atomic mass is 32.1. The Hall–Kier alpha value is -4.04. The van der Waals surface area contributed by atoms with Crippen LogP contribution >= 0.6 is 12.2 Å². The number of aryl methyl sites for hydroxylation is 1. The zero-order valence-corrected chi connectivity index (χ0v) is 20.8. The zero-order chi connectivity index (χ0) is 25.2. The summed E-state index contributed by atoms with van der Waals surface area (Å²) < 4.78 is 16.1. The van der Waals surface area contributed by atoms with Crippen LogP contribution in [0.3, 0.4) is 0 Å². The van der Waals surface area contributed by atoms with Crippen LogP contribution < -0.4 is 10.6 Å². The second-order valence-corrected chi connectivity index (χ2v) is 9.20. The fraction of sp³-hybridized carbons (Fsp3) is 0.179. The third kappa shape index (κ3) is 4.59. The summed E-state index contributed by atoms with van der Waals surface area (Å²) in [5.74, 6) is -0.466. The van der Waals surface area contributed by atoms with Crippen molar-refractivity contribution in [3.05, 3.63) is 114 Å². The van der Waals surface area contributed by atoms with E-state index in [2.05, 4.69) is 21.7 Å². The van der Waals surface area contributed by atoms with Crippen molar-refractivity contribution in [3.8, 4) is 5.69 Å². The minimum atomic E-state index is -0.296. The third-order valence-corrected chi connectivity index (χ3v) is 6.78. The first kappa shape index (κ1) is 23.7. The van der Waals surface area contributed by atoms with Gasteiger partial charge in [-0.2, -0.15) is 0 Å². The van der Waals surface area contributed by atoms with Gasteiger partial charge in [0.2, 0.25) is 5.91 Å². The van der Waals surface area contributed by atoms with Crippen LogP contribution in [-0.4, -0.2) is 32.0 Å². The normalized spacial score (nSPS) is 17.2. The average molecular weight is 500 g/mol. The van der Waals surface area contributed by atoms with Crippen molar-refractivity contribution in [3.63, 3.8) is 0 Å². The molecule has 1 amide bonds. The number of hydrogen-bond donors (Lipinski definition) is 2. The van der Waals surface area contributed by atoms with E-state index in [1.54, 1.807) is 12.3 Å². The Morgan fingerprint density at radius 2 is 1.83 bits per heavy atom. The van der Waals surface area contributed by atoms with E-state index in [1.807, 2.05) is 77.9 Å². The molecule has 0 unspecified atom stereocenters. The smallest absolute Gasteiger partial charge is 0.244 e. The van der Waals surface area contributed by atoms with Crippen molar-refractivity contribution < 1.29 is 9.18 Å². The summed E-state index contributed by atoms with van der Waals surface area (Å²) in [4.78, 5) is 19.5. The molecule has 2 aromatic heterocycles. The van der Waals surface area contributed by atoms with E-state index in [1.165, 1.54) is 12.1 Å². The number of anilines is 1. The molecule has 2 atom stereocenters. The van der Waals surface area contributed by atoms with Gasteiger partial charge in [-0.25, -0.2) is 4.39 Å². The Morgan fingerprint density at radius 3 is 2.56 bits per heavy atom. The van der Waals surface area contributed by atoms with E-state index in [0.717, 1.165) is 34.0 Å². The topological polar surface area (TPSA) is 62.2 Å². The van der Waals surface area contributed by atoms with Crippen LogP contribution in [-0.2, 0) is 4.79 Å². The molecule has 3 heterocycles. The Labute approximate surface area is 214 Å². The minimum Gasteiger partial charge on any atom is -0.352 e. The number of carbonyl (C=O) groups is 1. The molecule has 1 fully saturated rings. The van der Waals surface area contributed by atoms with E-state index in [9.17, 15) is 9.18 Å². The first-order valence-electron chi connectivity index (χ1n) is 11.7. The Bertz CT molecular complexity index is 1410. The van der Waals surface area contributed by atoms with Gasteiger partial charge in [0, 0.05) is 29.0 Å². The summed E-state index contributed by atoms with van der Waals surface area (Å²) in [6, 6.07) is 23.2. The lowest BCUT2D eigenvalue weighted by atomic mass is 9.96. The zero-order valence-electron chi connectivity index (χ0n) is 20.0. The molecule has 0 bridgehead atoms. The molecule has 2 aromatic carbocycles. The predicted molar refractivity (Wildman–Crippen MR) is 142 cm³/mol. The Kier molecular flexibility index (Phi) is 6.52. The number of carbonyl (C=O) groups excluding carboxylic acids is 1. The second-order valence-electron chi connectivity index (χ2n) is 8.81. The van der Waals surface area contributed by atoms with Gasteiger partial charge in [0.1, 0.15) is 12.4 Å². The van der Waals surface area contributed by atoms with Gasteiger partial charge in [0.05, 0.1) is 17.8 Å². The van der Waals surface area contributed by atoms with Gasteiger partial charge in [-0.1, -0.05) is 30.3 Å². The van der Waals surface area contributed by atoms with Gasteiger partial charge in [0.15, 0.2) is 5.11 Å². The first-order chi connectivity index (χ1) is 17.4. The number of hydrogen-bond acceptors (Lipinski definition) is 3. The number of nitrogens with one attached hydrogen (secondary N) is 2. The molecule has 5 rings (SSSR count). The second kappa shape index (κ2) is 9.91. The SMILES string of the molecule is Cc1cc([C@@H]2[C@@H](c3ccccn3)NC(=S)N2CC(=O)Nc2ccccc2)c(C)n1-c1cccc(F)c1. The number of thiocarbonyl (C=S) groups is 1. The van der Waals surface area contributed by atoms with E-state index in [-0.39, 0.29) is 30.4 Å². The van der Waals surface area contributed by atoms with Gasteiger partial charge in [-0.05, 0) is 80.2 Å². The summed E-state index contributed by atoms with van der Waals surface area (Å²) in [7, 11) is 0. The van der Waals surface area contributed by atoms with Crippen molar-refractivity contribution in [2.24, 2.45) is 0 Å². The van der Waals surface area contributed by atoms with Crippen molar-refractivity contribution >= 4 is 28.9 Å². The number of halogens is 1. The third-order valence-electron chi connectivity index (χ3n) is 6.42. The molecule has 0 saturated carbocycles. The van der Waals surface area contributed by atoms with E-state index >= 15 is 0 Å². The van der Waals surface area contributed by atoms with Crippen LogP contribution in [0.15, 0.2) is 85.1 Å². The predicted octanol–water partition coefficient (Wildman–Crippen LogP) is 5.24. The maximum atomic E-state index is 14.0. The van der Waals surface area contributed by atoms with Gasteiger partial charge in [-0.3, -0.25) is 9.78 Å². The quantitative estimate of drug-likeness (QED) is 0.355. The van der Waals surface area contributed by atoms with E-state index in [4.69, 9.17) is 12.2 Å². The van der Waals surface area contributed by atoms with Gasteiger partial charge < -0.3 is 20.1 Å². The average Bonchev–Trinajstić information content (AvgIpc) is 3.35. The molecule has 1 aliphatic rings. The van der Waals surface area contributed by atoms with Crippen LogP contribution in [0.5, 0.6) is 0 Å². The molecule has 6 nitrogen and oxygen atoms in total. The molecule has 2 N–H and O–H groups in total. The summed E-state index contributed by atoms with van der Waals surface area (Å²) in [5.41, 5.74) is 5.19. The molecule has 1 aliphatic heterocycles. The number of rotatable bonds is 6. The van der Waals surface area contributed by atoms with Crippen molar-refractivity contribution in [2.45, 2.75) is 25.9 Å². The Morgan fingerprint density at radius 1 is 1.06 bits per heavy atom. The summed E-state index contributed by atoms with van der Waals surface area (Å²) in [5, 5.41) is 6.82. The molecule has 36 heavy (non-hydrogen) atoms. The summed E-state index contributed by atoms with van der Waals surface area (Å²) in [6.45, 7) is 4.06. The minimum absolute atomic E-state index is 0.0678. The fourth-order valence-electron chi connectivity index (χ4n) is 4.89. The number of pyridine rings is 1. The van der Waals surface area contributed by atoms with Crippen LogP contribution in [0.4, 0.5) is 10.1 Å². The highest BCUT2D eigenvalue weighted by molar-refractivity contribution is 7.80. The number of nitrogens with zero attached hydrogens (tertiary/aromatic N) is 3. The number of benzene rings is 2. The maximum absolute atomic E-state index is 14.0. The van der Waals surface area contributed by atoms with Crippen molar-refractivity contribution in [1.29, 1.82) is 0 Å². The van der Waals surface area contributed by atoms with Crippen LogP contribution in [0.25, 0.3) is 5.69 Å². The lowest BCUT2D eigenvalue weighted by Crippen LogP contribution is -2.37. The standard InChI is InChI=1S/C28H26FN5OS/c1-18-15-23(19(2)34(18)22-12-8-9-20(29)16-22)27-26(24-13-6-7-14-30-24)32-28(36)33(27)17-25(35)31-21-10-4-3-5-11-21/h3-16,26-27H,17H2,1-2H3,(H,31,35)(H,32,36)/t26-,27-/m1/s1. The molecule has 8 heteroatoms. The van der Waals surface area contributed by atoms with Crippen LogP contribution in [0, 0.1) is 19.7 Å². The summed E-state index contributed by atoms with van der Waals surface area (Å²) >= 11 is 5.72. The lowest BCUT2D eigenvalue weighted by Gasteiger charge is -2.27. The molecule has 182 valence electrons. The monoisotopic (exact) mass is 499 g/mol. The molecule has 0 spiro atoms. The van der Waals surface area contributed by atoms with Gasteiger partial charge in [-0.15, -0.1) is 0 Å². The van der Waals surface area contributed by atoms with Gasteiger partial charge >= 0.3 is 0 Å². The van der Waals surface area contributed by atoms with Crippen LogP contribution in [0.2, 0.25) is 0 Å². The number of amides is 1. The van der Waals surface area contributed by atoms with Crippen molar-refractivity contribution in [2.75, 3.05) is 11.9 Å². The van der Waals surface area contributed by atoms with Crippen LogP contribution in [0.1, 0.15) is 34.7 Å². The molecule has 4 aromatic rings. The molecular weight excluding hydrogens is 473 g/mol. The molecule has 1 saturated heterocycles. The largest absolute Gasteiger partial charge is 0.352 e. The van der Waals surface area contributed by atoms with Gasteiger partial charge in [0.25, 0.3) is 0 Å². The number of aromatic nitrogens is 2. The van der Waals surface area contributed by atoms with Crippen molar-refractivity contribution in [1.82, 2.24) is 19.8 Å². The Balaban J connectivity index is 1.54. The van der Waals surface area contributed by atoms with E-state index in [0.29, 0.717) is 5.11 Å². The van der Waals surface area contributed by atoms with E-state index < -0.39 is 0 Å².